The van der Waals surface area contributed by atoms with Gasteiger partial charge < -0.3 is 5.73 Å². The molecule has 1 heterocycles. The SMILES string of the molecule is CN(Cc1ccsc1)Cc1ccc(F)c(CN)c1. The highest BCUT2D eigenvalue weighted by molar-refractivity contribution is 7.07. The van der Waals surface area contributed by atoms with E-state index in [2.05, 4.69) is 28.8 Å². The van der Waals surface area contributed by atoms with Crippen LogP contribution in [0.5, 0.6) is 0 Å². The number of benzene rings is 1. The summed E-state index contributed by atoms with van der Waals surface area (Å²) in [7, 11) is 2.06. The molecule has 2 rings (SSSR count). The number of nitrogens with two attached hydrogens (primary N) is 1. The minimum absolute atomic E-state index is 0.221. The number of thiophene rings is 1. The van der Waals surface area contributed by atoms with Crippen molar-refractivity contribution >= 4 is 11.3 Å². The van der Waals surface area contributed by atoms with E-state index in [0.717, 1.165) is 18.7 Å². The highest BCUT2D eigenvalue weighted by atomic mass is 32.1. The van der Waals surface area contributed by atoms with Crippen molar-refractivity contribution in [1.82, 2.24) is 4.90 Å². The van der Waals surface area contributed by atoms with Crippen LogP contribution in [-0.4, -0.2) is 11.9 Å². The quantitative estimate of drug-likeness (QED) is 0.899. The summed E-state index contributed by atoms with van der Waals surface area (Å²) in [6.07, 6.45) is 0. The molecule has 0 fully saturated rings. The van der Waals surface area contributed by atoms with Crippen LogP contribution in [0.1, 0.15) is 16.7 Å². The van der Waals surface area contributed by atoms with Crippen LogP contribution in [0.2, 0.25) is 0 Å². The van der Waals surface area contributed by atoms with Gasteiger partial charge in [-0.1, -0.05) is 12.1 Å². The van der Waals surface area contributed by atoms with Gasteiger partial charge >= 0.3 is 0 Å². The summed E-state index contributed by atoms with van der Waals surface area (Å²) in [6, 6.07) is 7.28. The lowest BCUT2D eigenvalue weighted by Gasteiger charge is -2.16. The van der Waals surface area contributed by atoms with E-state index in [9.17, 15) is 4.39 Å². The summed E-state index contributed by atoms with van der Waals surface area (Å²) in [5.41, 5.74) is 8.49. The number of nitrogens with zero attached hydrogens (tertiary/aromatic N) is 1. The van der Waals surface area contributed by atoms with Crippen molar-refractivity contribution < 1.29 is 4.39 Å². The molecule has 96 valence electrons. The molecule has 0 amide bonds. The molecule has 0 unspecified atom stereocenters. The maximum Gasteiger partial charge on any atom is 0.127 e. The van der Waals surface area contributed by atoms with Crippen LogP contribution in [0, 0.1) is 5.82 Å². The Kier molecular flexibility index (Phi) is 4.47. The maximum absolute atomic E-state index is 13.3. The van der Waals surface area contributed by atoms with Gasteiger partial charge in [-0.15, -0.1) is 0 Å². The molecule has 0 bridgehead atoms. The van der Waals surface area contributed by atoms with Gasteiger partial charge in [0.25, 0.3) is 0 Å². The maximum atomic E-state index is 13.3. The minimum Gasteiger partial charge on any atom is -0.326 e. The van der Waals surface area contributed by atoms with Crippen molar-refractivity contribution in [1.29, 1.82) is 0 Å². The van der Waals surface area contributed by atoms with Crippen LogP contribution in [0.25, 0.3) is 0 Å². The van der Waals surface area contributed by atoms with Crippen molar-refractivity contribution in [2.75, 3.05) is 7.05 Å². The van der Waals surface area contributed by atoms with Crippen molar-refractivity contribution in [2.45, 2.75) is 19.6 Å². The second kappa shape index (κ2) is 6.09. The third kappa shape index (κ3) is 3.38. The van der Waals surface area contributed by atoms with Crippen LogP contribution < -0.4 is 5.73 Å². The number of halogens is 1. The monoisotopic (exact) mass is 264 g/mol. The molecule has 0 spiro atoms. The predicted octanol–water partition coefficient (Wildman–Crippen LogP) is 2.98. The first-order chi connectivity index (χ1) is 8.69. The molecule has 18 heavy (non-hydrogen) atoms. The van der Waals surface area contributed by atoms with Gasteiger partial charge in [0, 0.05) is 25.2 Å². The molecule has 2 N–H and O–H groups in total. The summed E-state index contributed by atoms with van der Waals surface area (Å²) in [6.45, 7) is 1.94. The molecule has 1 aromatic heterocycles. The lowest BCUT2D eigenvalue weighted by molar-refractivity contribution is 0.319. The molecule has 0 atom stereocenters. The first-order valence-electron chi connectivity index (χ1n) is 5.86. The normalized spacial score (nSPS) is 11.1. The molecule has 0 saturated carbocycles. The van der Waals surface area contributed by atoms with E-state index in [1.807, 2.05) is 12.1 Å². The summed E-state index contributed by atoms with van der Waals surface area (Å²) >= 11 is 1.70. The fourth-order valence-corrected chi connectivity index (χ4v) is 2.60. The molecule has 0 aliphatic heterocycles. The molecule has 2 aromatic rings. The van der Waals surface area contributed by atoms with E-state index in [4.69, 9.17) is 5.73 Å². The Balaban J connectivity index is 2.00. The highest BCUT2D eigenvalue weighted by Gasteiger charge is 2.05. The average Bonchev–Trinajstić information content (AvgIpc) is 2.84. The fraction of sp³-hybridized carbons (Fsp3) is 0.286. The third-order valence-electron chi connectivity index (χ3n) is 2.82. The standard InChI is InChI=1S/C14H17FN2S/c1-17(9-12-4-5-18-10-12)8-11-2-3-14(15)13(6-11)7-16/h2-6,10H,7-9,16H2,1H3. The number of hydrogen-bond acceptors (Lipinski definition) is 3. The van der Waals surface area contributed by atoms with E-state index in [1.165, 1.54) is 11.6 Å². The van der Waals surface area contributed by atoms with Crippen LogP contribution in [0.4, 0.5) is 4.39 Å². The van der Waals surface area contributed by atoms with Crippen molar-refractivity contribution in [3.63, 3.8) is 0 Å². The van der Waals surface area contributed by atoms with Crippen LogP contribution in [0.3, 0.4) is 0 Å². The van der Waals surface area contributed by atoms with Gasteiger partial charge in [-0.3, -0.25) is 4.90 Å². The van der Waals surface area contributed by atoms with Gasteiger partial charge in [0.2, 0.25) is 0 Å². The minimum atomic E-state index is -0.221. The van der Waals surface area contributed by atoms with E-state index < -0.39 is 0 Å². The van der Waals surface area contributed by atoms with Crippen LogP contribution >= 0.6 is 11.3 Å². The van der Waals surface area contributed by atoms with Crippen LogP contribution in [0.15, 0.2) is 35.0 Å². The van der Waals surface area contributed by atoms with Gasteiger partial charge in [-0.05, 0) is 41.1 Å². The summed E-state index contributed by atoms with van der Waals surface area (Å²) in [5, 5.41) is 4.22. The molecule has 0 aliphatic carbocycles. The lowest BCUT2D eigenvalue weighted by Crippen LogP contribution is -2.17. The summed E-state index contributed by atoms with van der Waals surface area (Å²) in [4.78, 5) is 2.20. The largest absolute Gasteiger partial charge is 0.326 e. The van der Waals surface area contributed by atoms with Gasteiger partial charge in [0.1, 0.15) is 5.82 Å². The zero-order valence-electron chi connectivity index (χ0n) is 10.4. The van der Waals surface area contributed by atoms with Crippen molar-refractivity contribution in [2.24, 2.45) is 5.73 Å². The number of rotatable bonds is 5. The smallest absolute Gasteiger partial charge is 0.127 e. The highest BCUT2D eigenvalue weighted by Crippen LogP contribution is 2.14. The molecule has 1 aromatic carbocycles. The Labute approximate surface area is 111 Å². The molecule has 4 heteroatoms. The van der Waals surface area contributed by atoms with E-state index in [-0.39, 0.29) is 12.4 Å². The molecule has 2 nitrogen and oxygen atoms in total. The molecule has 0 aliphatic rings. The topological polar surface area (TPSA) is 29.3 Å². The zero-order chi connectivity index (χ0) is 13.0. The fourth-order valence-electron chi connectivity index (χ4n) is 1.94. The zero-order valence-corrected chi connectivity index (χ0v) is 11.2. The average molecular weight is 264 g/mol. The first kappa shape index (κ1) is 13.2. The predicted molar refractivity (Wildman–Crippen MR) is 73.8 cm³/mol. The second-order valence-electron chi connectivity index (χ2n) is 4.43. The Morgan fingerprint density at radius 1 is 1.22 bits per heavy atom. The molecule has 0 radical (unpaired) electrons. The second-order valence-corrected chi connectivity index (χ2v) is 5.21. The summed E-state index contributed by atoms with van der Waals surface area (Å²) < 4.78 is 13.3. The number of hydrogen-bond donors (Lipinski definition) is 1. The summed E-state index contributed by atoms with van der Waals surface area (Å²) in [5.74, 6) is -0.221. The van der Waals surface area contributed by atoms with E-state index in [0.29, 0.717) is 5.56 Å². The Morgan fingerprint density at radius 3 is 2.67 bits per heavy atom. The third-order valence-corrected chi connectivity index (χ3v) is 3.55. The van der Waals surface area contributed by atoms with Crippen molar-refractivity contribution in [3.8, 4) is 0 Å². The molecular weight excluding hydrogens is 247 g/mol. The Morgan fingerprint density at radius 2 is 2.00 bits per heavy atom. The molecular formula is C14H17FN2S. The Hall–Kier alpha value is -1.23. The van der Waals surface area contributed by atoms with Gasteiger partial charge in [-0.2, -0.15) is 11.3 Å². The van der Waals surface area contributed by atoms with E-state index in [1.54, 1.807) is 11.3 Å². The van der Waals surface area contributed by atoms with Gasteiger partial charge in [0.05, 0.1) is 0 Å². The van der Waals surface area contributed by atoms with Crippen LogP contribution in [-0.2, 0) is 19.6 Å². The van der Waals surface area contributed by atoms with Crippen molar-refractivity contribution in [3.05, 3.63) is 57.5 Å². The lowest BCUT2D eigenvalue weighted by atomic mass is 10.1. The molecule has 0 saturated heterocycles. The first-order valence-corrected chi connectivity index (χ1v) is 6.80. The van der Waals surface area contributed by atoms with E-state index >= 15 is 0 Å². The van der Waals surface area contributed by atoms with Gasteiger partial charge in [-0.25, -0.2) is 4.39 Å². The Bertz CT molecular complexity index is 497. The van der Waals surface area contributed by atoms with Gasteiger partial charge in [0.15, 0.2) is 0 Å².